The first-order valence-electron chi connectivity index (χ1n) is 9.23. The first-order valence-corrected chi connectivity index (χ1v) is 9.23. The number of carbonyl (C=O) groups is 1. The fraction of sp³-hybridized carbons (Fsp3) is 0.882. The summed E-state index contributed by atoms with van der Waals surface area (Å²) in [6.45, 7) is 10.1. The zero-order chi connectivity index (χ0) is 17.5. The van der Waals surface area contributed by atoms with Crippen LogP contribution in [0.15, 0.2) is 4.99 Å². The molecule has 1 aliphatic heterocycles. The maximum absolute atomic E-state index is 12.0. The lowest BCUT2D eigenvalue weighted by molar-refractivity contribution is -0.128. The van der Waals surface area contributed by atoms with Crippen LogP contribution in [0.25, 0.3) is 0 Å². The third kappa shape index (κ3) is 9.72. The van der Waals surface area contributed by atoms with Gasteiger partial charge >= 0.3 is 0 Å². The molecule has 1 fully saturated rings. The van der Waals surface area contributed by atoms with E-state index in [9.17, 15) is 4.79 Å². The largest absolute Gasteiger partial charge is 0.379 e. The number of ether oxygens (including phenoxy) is 2. The van der Waals surface area contributed by atoms with E-state index in [0.29, 0.717) is 32.3 Å². The van der Waals surface area contributed by atoms with Gasteiger partial charge in [-0.1, -0.05) is 13.3 Å². The van der Waals surface area contributed by atoms with Crippen LogP contribution in [0.1, 0.15) is 39.5 Å². The number of amides is 1. The van der Waals surface area contributed by atoms with Crippen molar-refractivity contribution in [3.63, 3.8) is 0 Å². The van der Waals surface area contributed by atoms with Gasteiger partial charge in [0.05, 0.1) is 19.8 Å². The third-order valence-electron chi connectivity index (χ3n) is 3.73. The number of nitrogens with one attached hydrogen (secondary N) is 2. The van der Waals surface area contributed by atoms with Crippen molar-refractivity contribution in [2.75, 3.05) is 59.2 Å². The number of unbranched alkanes of at least 4 members (excludes halogenated alkanes) is 1. The molecule has 0 radical (unpaired) electrons. The Hall–Kier alpha value is -1.34. The predicted octanol–water partition coefficient (Wildman–Crippen LogP) is 0.997. The Balaban J connectivity index is 2.11. The van der Waals surface area contributed by atoms with Crippen molar-refractivity contribution < 1.29 is 14.3 Å². The highest BCUT2D eigenvalue weighted by molar-refractivity contribution is 5.85. The highest BCUT2D eigenvalue weighted by Crippen LogP contribution is 2.07. The fourth-order valence-electron chi connectivity index (χ4n) is 2.36. The molecule has 0 aromatic carbocycles. The van der Waals surface area contributed by atoms with Crippen molar-refractivity contribution in [3.8, 4) is 0 Å². The number of hydrogen-bond acceptors (Lipinski definition) is 4. The third-order valence-corrected chi connectivity index (χ3v) is 3.73. The molecule has 0 atom stereocenters. The summed E-state index contributed by atoms with van der Waals surface area (Å²) in [6, 6.07) is 0. The Morgan fingerprint density at radius 3 is 2.42 bits per heavy atom. The normalized spacial score (nSPS) is 14.9. The van der Waals surface area contributed by atoms with E-state index in [1.54, 1.807) is 0 Å². The lowest BCUT2D eigenvalue weighted by Crippen LogP contribution is -2.40. The number of rotatable bonds is 12. The predicted molar refractivity (Wildman–Crippen MR) is 96.3 cm³/mol. The van der Waals surface area contributed by atoms with Crippen molar-refractivity contribution >= 4 is 11.9 Å². The summed E-state index contributed by atoms with van der Waals surface area (Å²) < 4.78 is 10.9. The average Bonchev–Trinajstić information content (AvgIpc) is 3.12. The molecule has 7 nitrogen and oxygen atoms in total. The molecule has 0 aromatic heterocycles. The Bertz CT molecular complexity index is 358. The van der Waals surface area contributed by atoms with Gasteiger partial charge in [0.25, 0.3) is 0 Å². The first-order chi connectivity index (χ1) is 11.8. The second kappa shape index (κ2) is 14.0. The molecule has 2 N–H and O–H groups in total. The minimum Gasteiger partial charge on any atom is -0.379 e. The highest BCUT2D eigenvalue weighted by atomic mass is 16.5. The van der Waals surface area contributed by atoms with E-state index >= 15 is 0 Å². The van der Waals surface area contributed by atoms with Crippen molar-refractivity contribution in [2.45, 2.75) is 39.5 Å². The SMILES string of the molecule is CCCCOCCOCCNC(=NCC(=O)N1CCCC1)NCC. The van der Waals surface area contributed by atoms with E-state index < -0.39 is 0 Å². The van der Waals surface area contributed by atoms with Crippen LogP contribution in [0.2, 0.25) is 0 Å². The van der Waals surface area contributed by atoms with Gasteiger partial charge in [-0.15, -0.1) is 0 Å². The summed E-state index contributed by atoms with van der Waals surface area (Å²) in [5.41, 5.74) is 0. The van der Waals surface area contributed by atoms with Crippen LogP contribution in [0, 0.1) is 0 Å². The van der Waals surface area contributed by atoms with E-state index in [-0.39, 0.29) is 12.5 Å². The Morgan fingerprint density at radius 1 is 1.04 bits per heavy atom. The molecule has 1 saturated heterocycles. The van der Waals surface area contributed by atoms with E-state index in [2.05, 4.69) is 22.5 Å². The molecular formula is C17H34N4O3. The van der Waals surface area contributed by atoms with E-state index in [1.165, 1.54) is 0 Å². The second-order valence-electron chi connectivity index (χ2n) is 5.79. The molecule has 7 heteroatoms. The van der Waals surface area contributed by atoms with Crippen LogP contribution < -0.4 is 10.6 Å². The zero-order valence-corrected chi connectivity index (χ0v) is 15.3. The minimum atomic E-state index is 0.102. The average molecular weight is 342 g/mol. The second-order valence-corrected chi connectivity index (χ2v) is 5.79. The lowest BCUT2D eigenvalue weighted by atomic mass is 10.4. The summed E-state index contributed by atoms with van der Waals surface area (Å²) in [4.78, 5) is 18.2. The van der Waals surface area contributed by atoms with Crippen LogP contribution in [0.4, 0.5) is 0 Å². The Labute approximate surface area is 146 Å². The van der Waals surface area contributed by atoms with Gasteiger partial charge < -0.3 is 25.0 Å². The van der Waals surface area contributed by atoms with Crippen LogP contribution in [0.3, 0.4) is 0 Å². The molecule has 1 rings (SSSR count). The van der Waals surface area contributed by atoms with Crippen LogP contribution in [-0.2, 0) is 14.3 Å². The van der Waals surface area contributed by atoms with E-state index in [4.69, 9.17) is 9.47 Å². The quantitative estimate of drug-likeness (QED) is 0.314. The Morgan fingerprint density at radius 2 is 1.75 bits per heavy atom. The molecule has 0 unspecified atom stereocenters. The number of hydrogen-bond donors (Lipinski definition) is 2. The molecule has 0 bridgehead atoms. The van der Waals surface area contributed by atoms with E-state index in [0.717, 1.165) is 51.9 Å². The van der Waals surface area contributed by atoms with Gasteiger partial charge in [0, 0.05) is 32.8 Å². The summed E-state index contributed by atoms with van der Waals surface area (Å²) in [5.74, 6) is 0.762. The fourth-order valence-corrected chi connectivity index (χ4v) is 2.36. The van der Waals surface area contributed by atoms with Crippen molar-refractivity contribution in [1.82, 2.24) is 15.5 Å². The smallest absolute Gasteiger partial charge is 0.244 e. The summed E-state index contributed by atoms with van der Waals surface area (Å²) in [7, 11) is 0. The van der Waals surface area contributed by atoms with Gasteiger partial charge in [-0.3, -0.25) is 4.79 Å². The molecule has 0 saturated carbocycles. The maximum atomic E-state index is 12.0. The van der Waals surface area contributed by atoms with Gasteiger partial charge in [-0.25, -0.2) is 4.99 Å². The number of aliphatic imine (C=N–C) groups is 1. The number of guanidine groups is 1. The molecule has 24 heavy (non-hydrogen) atoms. The highest BCUT2D eigenvalue weighted by Gasteiger charge is 2.17. The van der Waals surface area contributed by atoms with Crippen molar-refractivity contribution in [2.24, 2.45) is 4.99 Å². The molecule has 1 amide bonds. The van der Waals surface area contributed by atoms with Crippen molar-refractivity contribution in [3.05, 3.63) is 0 Å². The van der Waals surface area contributed by atoms with Gasteiger partial charge in [-0.05, 0) is 26.2 Å². The molecule has 0 spiro atoms. The molecule has 140 valence electrons. The standard InChI is InChI=1S/C17H34N4O3/c1-3-5-11-23-13-14-24-12-8-19-17(18-4-2)20-15-16(22)21-9-6-7-10-21/h3-15H2,1-2H3,(H2,18,19,20). The molecule has 0 aromatic rings. The van der Waals surface area contributed by atoms with E-state index in [1.807, 2.05) is 11.8 Å². The number of nitrogens with zero attached hydrogens (tertiary/aromatic N) is 2. The van der Waals surface area contributed by atoms with Crippen LogP contribution in [0.5, 0.6) is 0 Å². The summed E-state index contributed by atoms with van der Waals surface area (Å²) >= 11 is 0. The van der Waals surface area contributed by atoms with Gasteiger partial charge in [0.2, 0.25) is 5.91 Å². The summed E-state index contributed by atoms with van der Waals surface area (Å²) in [5, 5.41) is 6.32. The number of carbonyl (C=O) groups excluding carboxylic acids is 1. The van der Waals surface area contributed by atoms with Gasteiger partial charge in [0.1, 0.15) is 6.54 Å². The zero-order valence-electron chi connectivity index (χ0n) is 15.3. The molecule has 1 heterocycles. The monoisotopic (exact) mass is 342 g/mol. The van der Waals surface area contributed by atoms with Crippen molar-refractivity contribution in [1.29, 1.82) is 0 Å². The topological polar surface area (TPSA) is 75.2 Å². The molecular weight excluding hydrogens is 308 g/mol. The minimum absolute atomic E-state index is 0.102. The van der Waals surface area contributed by atoms with Crippen LogP contribution in [-0.4, -0.2) is 75.9 Å². The number of likely N-dealkylation sites (tertiary alicyclic amines) is 1. The first kappa shape index (κ1) is 20.7. The summed E-state index contributed by atoms with van der Waals surface area (Å²) in [6.07, 6.45) is 4.46. The lowest BCUT2D eigenvalue weighted by Gasteiger charge is -2.15. The van der Waals surface area contributed by atoms with Gasteiger partial charge in [-0.2, -0.15) is 0 Å². The molecule has 1 aliphatic rings. The molecule has 0 aliphatic carbocycles. The van der Waals surface area contributed by atoms with Crippen LogP contribution >= 0.6 is 0 Å². The maximum Gasteiger partial charge on any atom is 0.244 e. The Kier molecular flexibility index (Phi) is 12.1. The van der Waals surface area contributed by atoms with Gasteiger partial charge in [0.15, 0.2) is 5.96 Å².